The van der Waals surface area contributed by atoms with Crippen LogP contribution in [0.15, 0.2) is 43.0 Å². The smallest absolute Gasteiger partial charge is 0.471 e. The number of hydrogen-bond donors (Lipinski definition) is 4. The summed E-state index contributed by atoms with van der Waals surface area (Å²) in [4.78, 5) is 34.4. The molecule has 2 rings (SSSR count). The molecule has 0 saturated heterocycles. The fourth-order valence-electron chi connectivity index (χ4n) is 2.36. The lowest BCUT2D eigenvalue weighted by Crippen LogP contribution is -2.34. The van der Waals surface area contributed by atoms with Crippen LogP contribution < -0.4 is 16.0 Å². The summed E-state index contributed by atoms with van der Waals surface area (Å²) in [7, 11) is 0. The number of nitrogens with one attached hydrogen (secondary N) is 3. The molecule has 0 saturated carbocycles. The minimum atomic E-state index is -5.06. The van der Waals surface area contributed by atoms with E-state index in [9.17, 15) is 32.7 Å². The number of anilines is 1. The molecule has 7 nitrogen and oxygen atoms in total. The largest absolute Gasteiger partial charge is 0.506 e. The molecule has 3 amide bonds. The second kappa shape index (κ2) is 8.42. The van der Waals surface area contributed by atoms with Gasteiger partial charge < -0.3 is 21.1 Å². The second-order valence-electron chi connectivity index (χ2n) is 5.57. The summed E-state index contributed by atoms with van der Waals surface area (Å²) in [6.07, 6.45) is -3.99. The summed E-state index contributed by atoms with van der Waals surface area (Å²) in [5, 5.41) is 17.2. The van der Waals surface area contributed by atoms with Crippen LogP contribution in [0.1, 0.15) is 10.4 Å². The third-order valence-electron chi connectivity index (χ3n) is 3.68. The number of halogens is 3. The average Bonchev–Trinajstić information content (AvgIpc) is 2.64. The Morgan fingerprint density at radius 3 is 2.36 bits per heavy atom. The molecule has 2 aromatic rings. The predicted molar refractivity (Wildman–Crippen MR) is 95.8 cm³/mol. The first-order valence-corrected chi connectivity index (χ1v) is 7.96. The highest BCUT2D eigenvalue weighted by Crippen LogP contribution is 2.33. The predicted octanol–water partition coefficient (Wildman–Crippen LogP) is 2.08. The van der Waals surface area contributed by atoms with E-state index in [1.54, 1.807) is 5.32 Å². The molecule has 2 aromatic carbocycles. The van der Waals surface area contributed by atoms with Crippen LogP contribution >= 0.6 is 0 Å². The first kappa shape index (κ1) is 20.7. The molecule has 0 aliphatic carbocycles. The van der Waals surface area contributed by atoms with Gasteiger partial charge in [-0.2, -0.15) is 13.2 Å². The summed E-state index contributed by atoms with van der Waals surface area (Å²) < 4.78 is 37.4. The van der Waals surface area contributed by atoms with Crippen LogP contribution in [-0.2, 0) is 9.59 Å². The first-order chi connectivity index (χ1) is 13.1. The van der Waals surface area contributed by atoms with E-state index in [1.807, 2.05) is 0 Å². The Labute approximate surface area is 157 Å². The topological polar surface area (TPSA) is 108 Å². The Balaban J connectivity index is 2.21. The first-order valence-electron chi connectivity index (χ1n) is 7.96. The number of benzene rings is 2. The van der Waals surface area contributed by atoms with Crippen LogP contribution in [0, 0.1) is 0 Å². The molecule has 0 heterocycles. The van der Waals surface area contributed by atoms with Gasteiger partial charge in [0.2, 0.25) is 5.91 Å². The van der Waals surface area contributed by atoms with E-state index < -0.39 is 29.6 Å². The van der Waals surface area contributed by atoms with E-state index in [0.29, 0.717) is 0 Å². The van der Waals surface area contributed by atoms with Gasteiger partial charge in [-0.3, -0.25) is 14.4 Å². The van der Waals surface area contributed by atoms with Crippen LogP contribution in [-0.4, -0.2) is 42.1 Å². The Bertz CT molecular complexity index is 942. The number of carbonyl (C=O) groups is 3. The molecule has 0 aliphatic heterocycles. The summed E-state index contributed by atoms with van der Waals surface area (Å²) >= 11 is 0. The second-order valence-corrected chi connectivity index (χ2v) is 5.57. The van der Waals surface area contributed by atoms with Crippen molar-refractivity contribution < 1.29 is 32.7 Å². The molecule has 148 valence electrons. The van der Waals surface area contributed by atoms with Crippen molar-refractivity contribution in [1.82, 2.24) is 10.6 Å². The molecular weight excluding hydrogens is 379 g/mol. The lowest BCUT2D eigenvalue weighted by Gasteiger charge is -2.13. The highest BCUT2D eigenvalue weighted by atomic mass is 19.4. The molecule has 28 heavy (non-hydrogen) atoms. The van der Waals surface area contributed by atoms with Crippen LogP contribution in [0.3, 0.4) is 0 Å². The number of rotatable bonds is 6. The van der Waals surface area contributed by atoms with Crippen molar-refractivity contribution in [3.8, 4) is 5.75 Å². The molecule has 4 N–H and O–H groups in total. The van der Waals surface area contributed by atoms with Gasteiger partial charge in [-0.25, -0.2) is 0 Å². The van der Waals surface area contributed by atoms with Crippen molar-refractivity contribution in [3.63, 3.8) is 0 Å². The van der Waals surface area contributed by atoms with E-state index in [-0.39, 0.29) is 35.1 Å². The Kier molecular flexibility index (Phi) is 6.24. The molecule has 0 radical (unpaired) electrons. The van der Waals surface area contributed by atoms with E-state index in [2.05, 4.69) is 17.2 Å². The van der Waals surface area contributed by atoms with Gasteiger partial charge in [-0.1, -0.05) is 24.8 Å². The van der Waals surface area contributed by atoms with Crippen LogP contribution in [0.5, 0.6) is 5.75 Å². The van der Waals surface area contributed by atoms with Gasteiger partial charge in [-0.15, -0.1) is 0 Å². The number of phenolic OH excluding ortho intramolecular Hbond substituents is 1. The van der Waals surface area contributed by atoms with Gasteiger partial charge in [-0.05, 0) is 18.2 Å². The van der Waals surface area contributed by atoms with Crippen molar-refractivity contribution in [2.24, 2.45) is 0 Å². The van der Waals surface area contributed by atoms with Crippen LogP contribution in [0.2, 0.25) is 0 Å². The molecule has 0 unspecified atom stereocenters. The van der Waals surface area contributed by atoms with Crippen molar-refractivity contribution in [3.05, 3.63) is 48.6 Å². The molecule has 0 aromatic heterocycles. The Hall–Kier alpha value is -3.56. The molecule has 0 fully saturated rings. The lowest BCUT2D eigenvalue weighted by molar-refractivity contribution is -0.167. The lowest BCUT2D eigenvalue weighted by atomic mass is 10.0. The fourth-order valence-corrected chi connectivity index (χ4v) is 2.36. The molecule has 0 spiro atoms. The quantitative estimate of drug-likeness (QED) is 0.444. The third-order valence-corrected chi connectivity index (χ3v) is 3.68. The van der Waals surface area contributed by atoms with Crippen molar-refractivity contribution in [2.45, 2.75) is 6.18 Å². The maximum atomic E-state index is 12.5. The summed E-state index contributed by atoms with van der Waals surface area (Å²) in [5.74, 6) is -3.65. The maximum absolute atomic E-state index is 12.5. The Morgan fingerprint density at radius 2 is 1.71 bits per heavy atom. The van der Waals surface area contributed by atoms with E-state index in [4.69, 9.17) is 0 Å². The summed E-state index contributed by atoms with van der Waals surface area (Å²) in [5.41, 5.74) is -0.268. The van der Waals surface area contributed by atoms with Crippen molar-refractivity contribution >= 4 is 34.2 Å². The zero-order valence-electron chi connectivity index (χ0n) is 14.4. The Morgan fingerprint density at radius 1 is 1.04 bits per heavy atom. The zero-order valence-corrected chi connectivity index (χ0v) is 14.4. The van der Waals surface area contributed by atoms with Gasteiger partial charge in [0.25, 0.3) is 5.91 Å². The maximum Gasteiger partial charge on any atom is 0.471 e. The molecule has 0 bridgehead atoms. The zero-order chi connectivity index (χ0) is 20.9. The van der Waals surface area contributed by atoms with Gasteiger partial charge in [0.1, 0.15) is 5.75 Å². The van der Waals surface area contributed by atoms with Crippen molar-refractivity contribution in [2.75, 3.05) is 18.4 Å². The number of aromatic hydroxyl groups is 1. The number of amides is 3. The van der Waals surface area contributed by atoms with E-state index in [0.717, 1.165) is 6.08 Å². The van der Waals surface area contributed by atoms with E-state index in [1.165, 1.54) is 30.3 Å². The SMILES string of the molecule is C=CC(=O)NCCNC(=O)c1ccc2c(NC(=O)C(F)(F)F)cccc2c1O. The average molecular weight is 395 g/mol. The highest BCUT2D eigenvalue weighted by molar-refractivity contribution is 6.09. The van der Waals surface area contributed by atoms with Gasteiger partial charge in [0.15, 0.2) is 0 Å². The number of alkyl halides is 3. The molecule has 0 atom stereocenters. The molecule has 0 aliphatic rings. The summed E-state index contributed by atoms with van der Waals surface area (Å²) in [6, 6.07) is 6.51. The van der Waals surface area contributed by atoms with Gasteiger partial charge >= 0.3 is 12.1 Å². The minimum Gasteiger partial charge on any atom is -0.506 e. The van der Waals surface area contributed by atoms with Gasteiger partial charge in [0.05, 0.1) is 5.56 Å². The van der Waals surface area contributed by atoms with Crippen molar-refractivity contribution in [1.29, 1.82) is 0 Å². The monoisotopic (exact) mass is 395 g/mol. The third kappa shape index (κ3) is 4.78. The fraction of sp³-hybridized carbons (Fsp3) is 0.167. The van der Waals surface area contributed by atoms with E-state index >= 15 is 0 Å². The van der Waals surface area contributed by atoms with Gasteiger partial charge in [0, 0.05) is 29.5 Å². The number of fused-ring (bicyclic) bond motifs is 1. The molecule has 10 heteroatoms. The van der Waals surface area contributed by atoms with Crippen LogP contribution in [0.25, 0.3) is 10.8 Å². The molecular formula is C18H16F3N3O4. The number of carbonyl (C=O) groups excluding carboxylic acids is 3. The highest BCUT2D eigenvalue weighted by Gasteiger charge is 2.38. The minimum absolute atomic E-state index is 0.0809. The normalized spacial score (nSPS) is 11.0. The number of hydrogen-bond acceptors (Lipinski definition) is 4. The summed E-state index contributed by atoms with van der Waals surface area (Å²) in [6.45, 7) is 3.50. The van der Waals surface area contributed by atoms with Crippen LogP contribution in [0.4, 0.5) is 18.9 Å². The number of phenols is 1. The standard InChI is InChI=1S/C18H16F3N3O4/c1-2-14(25)22-8-9-23-16(27)12-7-6-10-11(15(12)26)4-3-5-13(10)24-17(28)18(19,20)21/h2-7,26H,1,8-9H2,(H,22,25)(H,23,27)(H,24,28).